The second-order valence-corrected chi connectivity index (χ2v) is 5.05. The molecular weight excluding hydrogens is 320 g/mol. The van der Waals surface area contributed by atoms with Gasteiger partial charge >= 0.3 is 5.97 Å². The number of carbonyl (C=O) groups is 2. The van der Waals surface area contributed by atoms with E-state index in [0.717, 1.165) is 30.2 Å². The molecule has 1 amide bonds. The van der Waals surface area contributed by atoms with Gasteiger partial charge in [-0.3, -0.25) is 9.78 Å². The number of nitrogens with zero attached hydrogens (tertiary/aromatic N) is 3. The maximum atomic E-state index is 14.1. The fourth-order valence-corrected chi connectivity index (χ4v) is 2.13. The van der Waals surface area contributed by atoms with Crippen LogP contribution in [0.3, 0.4) is 0 Å². The lowest BCUT2D eigenvalue weighted by atomic mass is 10.0. The first-order valence-electron chi connectivity index (χ1n) is 6.93. The van der Waals surface area contributed by atoms with E-state index in [4.69, 9.17) is 0 Å². The van der Waals surface area contributed by atoms with Crippen LogP contribution < -0.4 is 0 Å². The van der Waals surface area contributed by atoms with Crippen LogP contribution in [0, 0.1) is 18.6 Å². The van der Waals surface area contributed by atoms with Crippen molar-refractivity contribution in [2.45, 2.75) is 13.0 Å². The molecule has 0 spiro atoms. The highest BCUT2D eigenvalue weighted by Gasteiger charge is 2.33. The quantitative estimate of drug-likeness (QED) is 0.800. The van der Waals surface area contributed by atoms with E-state index in [-0.39, 0.29) is 11.3 Å². The van der Waals surface area contributed by atoms with E-state index in [0.29, 0.717) is 5.69 Å². The van der Waals surface area contributed by atoms with Gasteiger partial charge in [-0.2, -0.15) is 0 Å². The van der Waals surface area contributed by atoms with Gasteiger partial charge in [-0.1, -0.05) is 0 Å². The molecule has 1 heterocycles. The first-order valence-corrected chi connectivity index (χ1v) is 6.93. The highest BCUT2D eigenvalue weighted by molar-refractivity contribution is 5.95. The van der Waals surface area contributed by atoms with E-state index in [1.165, 1.54) is 19.4 Å². The third kappa shape index (κ3) is 3.53. The van der Waals surface area contributed by atoms with Crippen LogP contribution in [0.25, 0.3) is 0 Å². The van der Waals surface area contributed by atoms with Crippen molar-refractivity contribution in [1.82, 2.24) is 14.9 Å². The fraction of sp³-hybridized carbons (Fsp3) is 0.250. The average molecular weight is 335 g/mol. The predicted octanol–water partition coefficient (Wildman–Crippen LogP) is 2.05. The summed E-state index contributed by atoms with van der Waals surface area (Å²) >= 11 is 0. The van der Waals surface area contributed by atoms with Crippen molar-refractivity contribution in [1.29, 1.82) is 0 Å². The zero-order valence-corrected chi connectivity index (χ0v) is 13.3. The minimum atomic E-state index is -1.46. The summed E-state index contributed by atoms with van der Waals surface area (Å²) in [4.78, 5) is 33.4. The van der Waals surface area contributed by atoms with Gasteiger partial charge in [0.05, 0.1) is 19.0 Å². The molecule has 0 radical (unpaired) electrons. The number of halogens is 2. The van der Waals surface area contributed by atoms with Gasteiger partial charge in [-0.15, -0.1) is 0 Å². The van der Waals surface area contributed by atoms with Crippen LogP contribution in [0.5, 0.6) is 0 Å². The van der Waals surface area contributed by atoms with E-state index < -0.39 is 29.6 Å². The summed E-state index contributed by atoms with van der Waals surface area (Å²) in [5, 5.41) is 0. The van der Waals surface area contributed by atoms with Gasteiger partial charge in [0.2, 0.25) is 0 Å². The summed E-state index contributed by atoms with van der Waals surface area (Å²) in [7, 11) is 2.37. The van der Waals surface area contributed by atoms with Crippen molar-refractivity contribution >= 4 is 11.9 Å². The van der Waals surface area contributed by atoms with Gasteiger partial charge in [-0.05, 0) is 25.1 Å². The number of aromatic nitrogens is 2. The topological polar surface area (TPSA) is 72.4 Å². The van der Waals surface area contributed by atoms with Crippen molar-refractivity contribution in [2.75, 3.05) is 14.2 Å². The largest absolute Gasteiger partial charge is 0.467 e. The molecule has 0 saturated carbocycles. The van der Waals surface area contributed by atoms with Crippen molar-refractivity contribution in [3.8, 4) is 0 Å². The smallest absolute Gasteiger partial charge is 0.333 e. The molecule has 0 bridgehead atoms. The normalized spacial score (nSPS) is 11.7. The van der Waals surface area contributed by atoms with E-state index in [9.17, 15) is 18.4 Å². The van der Waals surface area contributed by atoms with Crippen LogP contribution in [0.15, 0.2) is 30.6 Å². The van der Waals surface area contributed by atoms with E-state index in [1.54, 1.807) is 6.92 Å². The molecule has 2 aromatic rings. The molecular formula is C16H15F2N3O3. The molecule has 6 nitrogen and oxygen atoms in total. The Morgan fingerprint density at radius 3 is 2.50 bits per heavy atom. The second-order valence-electron chi connectivity index (χ2n) is 5.05. The number of hydrogen-bond donors (Lipinski definition) is 0. The Morgan fingerprint density at radius 2 is 1.92 bits per heavy atom. The number of aryl methyl sites for hydroxylation is 1. The summed E-state index contributed by atoms with van der Waals surface area (Å²) in [6.45, 7) is 1.70. The van der Waals surface area contributed by atoms with Gasteiger partial charge < -0.3 is 9.64 Å². The zero-order chi connectivity index (χ0) is 17.9. The van der Waals surface area contributed by atoms with Crippen LogP contribution in [-0.2, 0) is 9.53 Å². The molecule has 1 atom stereocenters. The molecule has 0 unspecified atom stereocenters. The lowest BCUT2D eigenvalue weighted by molar-refractivity contribution is -0.146. The molecule has 0 saturated heterocycles. The molecule has 0 aliphatic heterocycles. The predicted molar refractivity (Wildman–Crippen MR) is 80.0 cm³/mol. The van der Waals surface area contributed by atoms with Crippen LogP contribution in [0.4, 0.5) is 8.78 Å². The monoisotopic (exact) mass is 335 g/mol. The Labute approximate surface area is 137 Å². The van der Waals surface area contributed by atoms with Crippen molar-refractivity contribution in [3.05, 3.63) is 59.2 Å². The minimum absolute atomic E-state index is 0.0335. The number of likely N-dealkylation sites (N-methyl/N-ethyl adjacent to an activating group) is 1. The second kappa shape index (κ2) is 7.12. The van der Waals surface area contributed by atoms with Crippen LogP contribution in [-0.4, -0.2) is 40.9 Å². The minimum Gasteiger partial charge on any atom is -0.467 e. The first kappa shape index (κ1) is 17.5. The maximum absolute atomic E-state index is 14.1. The number of amides is 1. The van der Waals surface area contributed by atoms with Gasteiger partial charge in [-0.25, -0.2) is 18.6 Å². The highest BCUT2D eigenvalue weighted by Crippen LogP contribution is 2.25. The molecule has 0 N–H and O–H groups in total. The summed E-state index contributed by atoms with van der Waals surface area (Å²) in [5.74, 6) is -3.16. The lowest BCUT2D eigenvalue weighted by Crippen LogP contribution is -2.37. The standard InChI is InChI=1S/C16H15F2N3O3/c1-9-7-20-13(8-19-9)15(22)21(2)14(16(23)24-3)11-6-10(17)4-5-12(11)18/h4-8,14H,1-3H3/t14-/m0/s1. The molecule has 126 valence electrons. The Bertz CT molecular complexity index is 766. The van der Waals surface area contributed by atoms with Gasteiger partial charge in [0.25, 0.3) is 5.91 Å². The fourth-order valence-electron chi connectivity index (χ4n) is 2.13. The summed E-state index contributed by atoms with van der Waals surface area (Å²) in [6, 6.07) is 1.19. The Kier molecular flexibility index (Phi) is 5.18. The molecule has 0 fully saturated rings. The van der Waals surface area contributed by atoms with Crippen LogP contribution in [0.1, 0.15) is 27.8 Å². The van der Waals surface area contributed by atoms with Crippen LogP contribution in [0.2, 0.25) is 0 Å². The first-order chi connectivity index (χ1) is 11.3. The number of hydrogen-bond acceptors (Lipinski definition) is 5. The summed E-state index contributed by atoms with van der Waals surface area (Å²) in [6.07, 6.45) is 2.63. The average Bonchev–Trinajstić information content (AvgIpc) is 2.57. The van der Waals surface area contributed by atoms with Crippen LogP contribution >= 0.6 is 0 Å². The van der Waals surface area contributed by atoms with Crippen molar-refractivity contribution in [3.63, 3.8) is 0 Å². The molecule has 1 aromatic carbocycles. The highest BCUT2D eigenvalue weighted by atomic mass is 19.1. The molecule has 8 heteroatoms. The number of rotatable bonds is 4. The van der Waals surface area contributed by atoms with Crippen molar-refractivity contribution < 1.29 is 23.1 Å². The Morgan fingerprint density at radius 1 is 1.21 bits per heavy atom. The van der Waals surface area contributed by atoms with Gasteiger partial charge in [0.15, 0.2) is 6.04 Å². The molecule has 2 rings (SSSR count). The number of ether oxygens (including phenoxy) is 1. The Hall–Kier alpha value is -2.90. The van der Waals surface area contributed by atoms with E-state index in [1.807, 2.05) is 0 Å². The number of methoxy groups -OCH3 is 1. The lowest BCUT2D eigenvalue weighted by Gasteiger charge is -2.26. The third-order valence-corrected chi connectivity index (χ3v) is 3.38. The van der Waals surface area contributed by atoms with E-state index >= 15 is 0 Å². The number of benzene rings is 1. The molecule has 0 aliphatic carbocycles. The van der Waals surface area contributed by atoms with E-state index in [2.05, 4.69) is 14.7 Å². The summed E-state index contributed by atoms with van der Waals surface area (Å²) in [5.41, 5.74) is 0.265. The maximum Gasteiger partial charge on any atom is 0.333 e. The number of esters is 1. The Balaban J connectivity index is 2.44. The third-order valence-electron chi connectivity index (χ3n) is 3.38. The summed E-state index contributed by atoms with van der Waals surface area (Å²) < 4.78 is 32.1. The number of carbonyl (C=O) groups excluding carboxylic acids is 2. The zero-order valence-electron chi connectivity index (χ0n) is 13.3. The molecule has 1 aromatic heterocycles. The van der Waals surface area contributed by atoms with Gasteiger partial charge in [0, 0.05) is 18.8 Å². The van der Waals surface area contributed by atoms with Crippen molar-refractivity contribution in [2.24, 2.45) is 0 Å². The van der Waals surface area contributed by atoms with Gasteiger partial charge in [0.1, 0.15) is 17.3 Å². The molecule has 24 heavy (non-hydrogen) atoms. The molecule has 0 aliphatic rings. The SMILES string of the molecule is COC(=O)[C@H](c1cc(F)ccc1F)N(C)C(=O)c1cnc(C)cn1.